The van der Waals surface area contributed by atoms with Gasteiger partial charge in [0.15, 0.2) is 0 Å². The van der Waals surface area contributed by atoms with E-state index in [0.717, 1.165) is 48.5 Å². The van der Waals surface area contributed by atoms with Crippen LogP contribution >= 0.6 is 0 Å². The van der Waals surface area contributed by atoms with Gasteiger partial charge >= 0.3 is 0 Å². The first-order valence-electron chi connectivity index (χ1n) is 7.64. The lowest BCUT2D eigenvalue weighted by Crippen LogP contribution is -2.25. The number of carbonyl (C=O) groups excluding carboxylic acids is 1. The predicted octanol–water partition coefficient (Wildman–Crippen LogP) is 3.24. The van der Waals surface area contributed by atoms with Gasteiger partial charge in [-0.25, -0.2) is 0 Å². The fourth-order valence-electron chi connectivity index (χ4n) is 3.06. The van der Waals surface area contributed by atoms with Gasteiger partial charge < -0.3 is 9.88 Å². The molecule has 0 unspecified atom stereocenters. The molecule has 21 heavy (non-hydrogen) atoms. The van der Waals surface area contributed by atoms with Gasteiger partial charge in [0, 0.05) is 19.2 Å². The summed E-state index contributed by atoms with van der Waals surface area (Å²) >= 11 is 0. The molecular weight excluding hydrogens is 264 g/mol. The standard InChI is InChI=1S/C16H22N4O/c1-11-14(17-16(21)12-7-4-3-5-8-12)15(19-18-11)13-9-6-10-20(13)2/h6,9-10,12H,3-5,7-8H2,1-2H3,(H,17,21)(H,18,19). The van der Waals surface area contributed by atoms with Crippen molar-refractivity contribution in [2.45, 2.75) is 39.0 Å². The van der Waals surface area contributed by atoms with Crippen molar-refractivity contribution in [1.29, 1.82) is 0 Å². The molecule has 3 rings (SSSR count). The summed E-state index contributed by atoms with van der Waals surface area (Å²) in [4.78, 5) is 12.5. The summed E-state index contributed by atoms with van der Waals surface area (Å²) in [5.74, 6) is 0.281. The Morgan fingerprint density at radius 2 is 2.14 bits per heavy atom. The zero-order valence-electron chi connectivity index (χ0n) is 12.6. The third-order valence-electron chi connectivity index (χ3n) is 4.36. The van der Waals surface area contributed by atoms with Crippen LogP contribution in [0.25, 0.3) is 11.4 Å². The molecule has 1 aliphatic carbocycles. The molecule has 0 spiro atoms. The summed E-state index contributed by atoms with van der Waals surface area (Å²) in [6, 6.07) is 3.98. The van der Waals surface area contributed by atoms with Gasteiger partial charge in [0.2, 0.25) is 5.91 Å². The van der Waals surface area contributed by atoms with Crippen molar-refractivity contribution in [2.75, 3.05) is 5.32 Å². The van der Waals surface area contributed by atoms with Crippen LogP contribution in [0.1, 0.15) is 37.8 Å². The number of aryl methyl sites for hydroxylation is 2. The monoisotopic (exact) mass is 286 g/mol. The Labute approximate surface area is 124 Å². The van der Waals surface area contributed by atoms with Crippen LogP contribution in [-0.4, -0.2) is 20.7 Å². The first kappa shape index (κ1) is 13.9. The number of nitrogens with one attached hydrogen (secondary N) is 2. The van der Waals surface area contributed by atoms with Gasteiger partial charge in [0.1, 0.15) is 5.69 Å². The van der Waals surface area contributed by atoms with Gasteiger partial charge in [0.25, 0.3) is 0 Å². The summed E-state index contributed by atoms with van der Waals surface area (Å²) in [5, 5.41) is 10.4. The van der Waals surface area contributed by atoms with Crippen LogP contribution in [0.2, 0.25) is 0 Å². The molecule has 2 N–H and O–H groups in total. The largest absolute Gasteiger partial charge is 0.349 e. The number of hydrogen-bond acceptors (Lipinski definition) is 2. The Morgan fingerprint density at radius 3 is 2.81 bits per heavy atom. The van der Waals surface area contributed by atoms with Crippen LogP contribution in [0.3, 0.4) is 0 Å². The third kappa shape index (κ3) is 2.73. The predicted molar refractivity (Wildman–Crippen MR) is 82.9 cm³/mol. The van der Waals surface area contributed by atoms with Crippen LogP contribution in [0.4, 0.5) is 5.69 Å². The number of carbonyl (C=O) groups is 1. The smallest absolute Gasteiger partial charge is 0.227 e. The van der Waals surface area contributed by atoms with Crippen LogP contribution < -0.4 is 5.32 Å². The molecular formula is C16H22N4O. The molecule has 2 aromatic heterocycles. The normalized spacial score (nSPS) is 16.1. The van der Waals surface area contributed by atoms with Crippen molar-refractivity contribution in [1.82, 2.24) is 14.8 Å². The number of amides is 1. The van der Waals surface area contributed by atoms with Gasteiger partial charge in [-0.2, -0.15) is 5.10 Å². The first-order valence-corrected chi connectivity index (χ1v) is 7.64. The molecule has 0 atom stereocenters. The number of rotatable bonds is 3. The highest BCUT2D eigenvalue weighted by molar-refractivity contribution is 5.96. The van der Waals surface area contributed by atoms with E-state index in [1.54, 1.807) is 0 Å². The average molecular weight is 286 g/mol. The zero-order chi connectivity index (χ0) is 14.8. The molecule has 2 heterocycles. The summed E-state index contributed by atoms with van der Waals surface area (Å²) in [5.41, 5.74) is 3.52. The molecule has 2 aromatic rings. The summed E-state index contributed by atoms with van der Waals surface area (Å²) in [6.45, 7) is 1.94. The van der Waals surface area contributed by atoms with E-state index in [9.17, 15) is 4.79 Å². The van der Waals surface area contributed by atoms with Gasteiger partial charge in [-0.15, -0.1) is 0 Å². The molecule has 1 amide bonds. The lowest BCUT2D eigenvalue weighted by atomic mass is 9.88. The number of aromatic amines is 1. The molecule has 5 nitrogen and oxygen atoms in total. The number of nitrogens with zero attached hydrogens (tertiary/aromatic N) is 2. The summed E-state index contributed by atoms with van der Waals surface area (Å²) in [6.07, 6.45) is 7.56. The fourth-order valence-corrected chi connectivity index (χ4v) is 3.06. The Morgan fingerprint density at radius 1 is 1.38 bits per heavy atom. The van der Waals surface area contributed by atoms with Crippen molar-refractivity contribution >= 4 is 11.6 Å². The zero-order valence-corrected chi connectivity index (χ0v) is 12.6. The fraction of sp³-hybridized carbons (Fsp3) is 0.500. The van der Waals surface area contributed by atoms with Gasteiger partial charge in [-0.3, -0.25) is 9.89 Å². The Kier molecular flexibility index (Phi) is 3.82. The minimum absolute atomic E-state index is 0.134. The van der Waals surface area contributed by atoms with E-state index in [-0.39, 0.29) is 11.8 Å². The van der Waals surface area contributed by atoms with E-state index < -0.39 is 0 Å². The van der Waals surface area contributed by atoms with E-state index in [4.69, 9.17) is 0 Å². The lowest BCUT2D eigenvalue weighted by molar-refractivity contribution is -0.120. The molecule has 1 saturated carbocycles. The van der Waals surface area contributed by atoms with Crippen LogP contribution in [-0.2, 0) is 11.8 Å². The number of H-pyrrole nitrogens is 1. The molecule has 0 bridgehead atoms. The summed E-state index contributed by atoms with van der Waals surface area (Å²) < 4.78 is 2.01. The highest BCUT2D eigenvalue weighted by Gasteiger charge is 2.24. The Bertz CT molecular complexity index is 634. The lowest BCUT2D eigenvalue weighted by Gasteiger charge is -2.21. The Balaban J connectivity index is 1.84. The minimum Gasteiger partial charge on any atom is -0.349 e. The third-order valence-corrected chi connectivity index (χ3v) is 4.36. The maximum atomic E-state index is 12.5. The van der Waals surface area contributed by atoms with E-state index in [1.165, 1.54) is 6.42 Å². The van der Waals surface area contributed by atoms with Gasteiger partial charge in [-0.1, -0.05) is 19.3 Å². The molecule has 1 aliphatic rings. The Hall–Kier alpha value is -2.04. The maximum Gasteiger partial charge on any atom is 0.227 e. The van der Waals surface area contributed by atoms with E-state index in [1.807, 2.05) is 36.9 Å². The highest BCUT2D eigenvalue weighted by atomic mass is 16.1. The quantitative estimate of drug-likeness (QED) is 0.909. The second-order valence-corrected chi connectivity index (χ2v) is 5.90. The second-order valence-electron chi connectivity index (χ2n) is 5.90. The second kappa shape index (κ2) is 5.76. The van der Waals surface area contributed by atoms with Crippen molar-refractivity contribution in [3.8, 4) is 11.4 Å². The molecule has 0 saturated heterocycles. The first-order chi connectivity index (χ1) is 10.2. The molecule has 112 valence electrons. The van der Waals surface area contributed by atoms with Crippen LogP contribution in [0.15, 0.2) is 18.3 Å². The van der Waals surface area contributed by atoms with Crippen molar-refractivity contribution in [3.05, 3.63) is 24.0 Å². The number of aromatic nitrogens is 3. The summed E-state index contributed by atoms with van der Waals surface area (Å²) in [7, 11) is 1.98. The SMILES string of the molecule is Cc1[nH]nc(-c2cccn2C)c1NC(=O)C1CCCCC1. The van der Waals surface area contributed by atoms with Crippen molar-refractivity contribution < 1.29 is 4.79 Å². The van der Waals surface area contributed by atoms with Crippen LogP contribution in [0.5, 0.6) is 0 Å². The minimum atomic E-state index is 0.134. The molecule has 0 aromatic carbocycles. The topological polar surface area (TPSA) is 62.7 Å². The molecule has 0 radical (unpaired) electrons. The van der Waals surface area contributed by atoms with E-state index >= 15 is 0 Å². The number of anilines is 1. The van der Waals surface area contributed by atoms with Crippen molar-refractivity contribution in [2.24, 2.45) is 13.0 Å². The van der Waals surface area contributed by atoms with Gasteiger partial charge in [0.05, 0.1) is 17.1 Å². The maximum absolute atomic E-state index is 12.5. The van der Waals surface area contributed by atoms with Crippen molar-refractivity contribution in [3.63, 3.8) is 0 Å². The average Bonchev–Trinajstić information content (AvgIpc) is 3.07. The van der Waals surface area contributed by atoms with E-state index in [0.29, 0.717) is 0 Å². The number of hydrogen-bond donors (Lipinski definition) is 2. The molecule has 1 fully saturated rings. The highest BCUT2D eigenvalue weighted by Crippen LogP contribution is 2.30. The van der Waals surface area contributed by atoms with Gasteiger partial charge in [-0.05, 0) is 31.9 Å². The molecule has 0 aliphatic heterocycles. The molecule has 5 heteroatoms. The van der Waals surface area contributed by atoms with Crippen LogP contribution in [0, 0.1) is 12.8 Å². The van der Waals surface area contributed by atoms with E-state index in [2.05, 4.69) is 15.5 Å².